The number of amides is 3. The Balaban J connectivity index is 1.40. The fourth-order valence-corrected chi connectivity index (χ4v) is 4.79. The van der Waals surface area contributed by atoms with Gasteiger partial charge in [0.25, 0.3) is 5.91 Å². The summed E-state index contributed by atoms with van der Waals surface area (Å²) in [6.07, 6.45) is 2.40. The van der Waals surface area contributed by atoms with E-state index in [1.165, 1.54) is 0 Å². The SMILES string of the molecule is NC[C@@]1(F)CC[C@H](CNCc2cccc3c2C(=O)N(C2CCC(=O)NC2=O)C3)C1. The fraction of sp³-hybridized carbons (Fsp3) is 0.571. The van der Waals surface area contributed by atoms with Crippen molar-refractivity contribution in [1.82, 2.24) is 15.5 Å². The van der Waals surface area contributed by atoms with Gasteiger partial charge in [0.05, 0.1) is 0 Å². The molecule has 1 aliphatic carbocycles. The van der Waals surface area contributed by atoms with E-state index in [2.05, 4.69) is 10.6 Å². The van der Waals surface area contributed by atoms with Crippen molar-refractivity contribution in [2.24, 2.45) is 11.7 Å². The molecule has 3 aliphatic rings. The molecule has 2 aliphatic heterocycles. The Morgan fingerprint density at radius 2 is 2.10 bits per heavy atom. The molecular weight excluding hydrogens is 375 g/mol. The van der Waals surface area contributed by atoms with Crippen molar-refractivity contribution in [3.63, 3.8) is 0 Å². The van der Waals surface area contributed by atoms with Crippen molar-refractivity contribution in [3.8, 4) is 0 Å². The molecule has 8 heteroatoms. The Kier molecular flexibility index (Phi) is 5.40. The predicted molar refractivity (Wildman–Crippen MR) is 104 cm³/mol. The third-order valence-electron chi connectivity index (χ3n) is 6.41. The molecule has 1 unspecified atom stereocenters. The van der Waals surface area contributed by atoms with E-state index in [4.69, 9.17) is 5.73 Å². The Bertz CT molecular complexity index is 845. The summed E-state index contributed by atoms with van der Waals surface area (Å²) < 4.78 is 14.3. The van der Waals surface area contributed by atoms with E-state index in [1.807, 2.05) is 18.2 Å². The molecule has 4 rings (SSSR count). The van der Waals surface area contributed by atoms with Gasteiger partial charge in [-0.25, -0.2) is 4.39 Å². The van der Waals surface area contributed by atoms with Crippen LogP contribution in [-0.2, 0) is 22.7 Å². The van der Waals surface area contributed by atoms with Crippen LogP contribution in [0.2, 0.25) is 0 Å². The maximum Gasteiger partial charge on any atom is 0.255 e. The standard InChI is InChI=1S/C21H27FN4O3/c22-21(12-23)7-6-13(8-21)9-24-10-14-2-1-3-15-11-26(20(29)18(14)15)16-4-5-17(27)25-19(16)28/h1-3,13,16,24H,4-12,23H2,(H,25,27,28)/t13-,16?,21+/m0/s1. The van der Waals surface area contributed by atoms with Crippen molar-refractivity contribution in [3.05, 3.63) is 34.9 Å². The molecule has 1 saturated carbocycles. The third kappa shape index (κ3) is 3.91. The lowest BCUT2D eigenvalue weighted by Crippen LogP contribution is -2.52. The Labute approximate surface area is 169 Å². The van der Waals surface area contributed by atoms with Crippen molar-refractivity contribution < 1.29 is 18.8 Å². The minimum absolute atomic E-state index is 0.0698. The van der Waals surface area contributed by atoms with Gasteiger partial charge in [0.1, 0.15) is 11.7 Å². The van der Waals surface area contributed by atoms with E-state index in [0.717, 1.165) is 17.5 Å². The zero-order chi connectivity index (χ0) is 20.6. The number of nitrogens with two attached hydrogens (primary N) is 1. The van der Waals surface area contributed by atoms with Gasteiger partial charge in [0.15, 0.2) is 0 Å². The second kappa shape index (κ2) is 7.84. The van der Waals surface area contributed by atoms with Gasteiger partial charge in [0, 0.05) is 31.6 Å². The summed E-state index contributed by atoms with van der Waals surface area (Å²) in [4.78, 5) is 38.2. The van der Waals surface area contributed by atoms with Crippen LogP contribution in [0.4, 0.5) is 4.39 Å². The molecule has 156 valence electrons. The monoisotopic (exact) mass is 402 g/mol. The molecule has 2 fully saturated rings. The number of hydrogen-bond acceptors (Lipinski definition) is 5. The number of alkyl halides is 1. The van der Waals surface area contributed by atoms with E-state index in [9.17, 15) is 18.8 Å². The first-order chi connectivity index (χ1) is 13.9. The number of piperidine rings is 1. The van der Waals surface area contributed by atoms with Crippen LogP contribution in [0.1, 0.15) is 53.6 Å². The van der Waals surface area contributed by atoms with Gasteiger partial charge in [-0.05, 0) is 49.3 Å². The number of fused-ring (bicyclic) bond motifs is 1. The summed E-state index contributed by atoms with van der Waals surface area (Å²) in [6, 6.07) is 5.11. The first-order valence-corrected chi connectivity index (χ1v) is 10.3. The fourth-order valence-electron chi connectivity index (χ4n) is 4.79. The van der Waals surface area contributed by atoms with Gasteiger partial charge in [-0.1, -0.05) is 18.2 Å². The number of carbonyl (C=O) groups is 3. The van der Waals surface area contributed by atoms with Crippen molar-refractivity contribution >= 4 is 17.7 Å². The van der Waals surface area contributed by atoms with Crippen LogP contribution < -0.4 is 16.4 Å². The highest BCUT2D eigenvalue weighted by Gasteiger charge is 2.40. The molecule has 0 spiro atoms. The largest absolute Gasteiger partial charge is 0.328 e. The number of rotatable bonds is 6. The van der Waals surface area contributed by atoms with Gasteiger partial charge in [-0.3, -0.25) is 19.7 Å². The highest BCUT2D eigenvalue weighted by Crippen LogP contribution is 2.36. The molecule has 1 aromatic carbocycles. The van der Waals surface area contributed by atoms with Crippen LogP contribution in [-0.4, -0.2) is 47.4 Å². The van der Waals surface area contributed by atoms with Crippen molar-refractivity contribution in [2.45, 2.75) is 56.9 Å². The smallest absolute Gasteiger partial charge is 0.255 e. The van der Waals surface area contributed by atoms with E-state index < -0.39 is 17.6 Å². The number of benzene rings is 1. The first kappa shape index (κ1) is 20.0. The van der Waals surface area contributed by atoms with E-state index in [0.29, 0.717) is 44.5 Å². The van der Waals surface area contributed by atoms with E-state index in [-0.39, 0.29) is 30.7 Å². The summed E-state index contributed by atoms with van der Waals surface area (Å²) in [5.74, 6) is -0.619. The third-order valence-corrected chi connectivity index (χ3v) is 6.41. The topological polar surface area (TPSA) is 105 Å². The van der Waals surface area contributed by atoms with Crippen LogP contribution >= 0.6 is 0 Å². The molecule has 1 saturated heterocycles. The molecule has 7 nitrogen and oxygen atoms in total. The number of carbonyl (C=O) groups excluding carboxylic acids is 3. The average Bonchev–Trinajstić information content (AvgIpc) is 3.23. The summed E-state index contributed by atoms with van der Waals surface area (Å²) in [6.45, 7) is 1.63. The number of nitrogens with one attached hydrogen (secondary N) is 2. The molecule has 0 aromatic heterocycles. The van der Waals surface area contributed by atoms with Gasteiger partial charge >= 0.3 is 0 Å². The minimum atomic E-state index is -1.24. The second-order valence-corrected chi connectivity index (χ2v) is 8.45. The first-order valence-electron chi connectivity index (χ1n) is 10.3. The van der Waals surface area contributed by atoms with Gasteiger partial charge < -0.3 is 16.0 Å². The molecule has 3 atom stereocenters. The van der Waals surface area contributed by atoms with E-state index in [1.54, 1.807) is 4.90 Å². The highest BCUT2D eigenvalue weighted by molar-refractivity contribution is 6.05. The molecule has 4 N–H and O–H groups in total. The van der Waals surface area contributed by atoms with Crippen molar-refractivity contribution in [1.29, 1.82) is 0 Å². The van der Waals surface area contributed by atoms with Crippen LogP contribution in [0.25, 0.3) is 0 Å². The lowest BCUT2D eigenvalue weighted by atomic mass is 10.0. The Morgan fingerprint density at radius 3 is 2.83 bits per heavy atom. The molecule has 0 radical (unpaired) electrons. The normalized spacial score (nSPS) is 29.3. The molecule has 29 heavy (non-hydrogen) atoms. The summed E-state index contributed by atoms with van der Waals surface area (Å²) in [5.41, 5.74) is 6.71. The maximum atomic E-state index is 14.3. The molecule has 0 bridgehead atoms. The molecule has 2 heterocycles. The Hall–Kier alpha value is -2.32. The summed E-state index contributed by atoms with van der Waals surface area (Å²) in [7, 11) is 0. The second-order valence-electron chi connectivity index (χ2n) is 8.45. The van der Waals surface area contributed by atoms with Gasteiger partial charge in [0.2, 0.25) is 11.8 Å². The van der Waals surface area contributed by atoms with Crippen molar-refractivity contribution in [2.75, 3.05) is 13.1 Å². The number of imide groups is 1. The number of nitrogens with zero attached hydrogens (tertiary/aromatic N) is 1. The summed E-state index contributed by atoms with van der Waals surface area (Å²) >= 11 is 0. The maximum absolute atomic E-state index is 14.3. The van der Waals surface area contributed by atoms with Gasteiger partial charge in [-0.15, -0.1) is 0 Å². The molecule has 3 amide bonds. The van der Waals surface area contributed by atoms with Crippen LogP contribution in [0, 0.1) is 5.92 Å². The minimum Gasteiger partial charge on any atom is -0.328 e. The van der Waals surface area contributed by atoms with E-state index >= 15 is 0 Å². The van der Waals surface area contributed by atoms with Crippen LogP contribution in [0.15, 0.2) is 18.2 Å². The quantitative estimate of drug-likeness (QED) is 0.616. The predicted octanol–water partition coefficient (Wildman–Crippen LogP) is 1.00. The van der Waals surface area contributed by atoms with Crippen LogP contribution in [0.5, 0.6) is 0 Å². The summed E-state index contributed by atoms with van der Waals surface area (Å²) in [5, 5.41) is 5.68. The molecular formula is C21H27FN4O3. The lowest BCUT2D eigenvalue weighted by Gasteiger charge is -2.29. The number of halogens is 1. The highest BCUT2D eigenvalue weighted by atomic mass is 19.1. The lowest BCUT2D eigenvalue weighted by molar-refractivity contribution is -0.136. The zero-order valence-corrected chi connectivity index (χ0v) is 16.4. The zero-order valence-electron chi connectivity index (χ0n) is 16.4. The average molecular weight is 402 g/mol. The van der Waals surface area contributed by atoms with Crippen LogP contribution in [0.3, 0.4) is 0 Å². The number of hydrogen-bond donors (Lipinski definition) is 3. The Morgan fingerprint density at radius 1 is 1.28 bits per heavy atom. The molecule has 1 aromatic rings. The van der Waals surface area contributed by atoms with Gasteiger partial charge in [-0.2, -0.15) is 0 Å².